The van der Waals surface area contributed by atoms with Crippen LogP contribution >= 0.6 is 0 Å². The average Bonchev–Trinajstić information content (AvgIpc) is 3.18. The molecular formula is C17H15FN4O. The third-order valence-corrected chi connectivity index (χ3v) is 4.06. The number of hydrogen-bond acceptors (Lipinski definition) is 3. The minimum Gasteiger partial charge on any atom is -0.383 e. The number of halogens is 1. The molecule has 5 nitrogen and oxygen atoms in total. The molecule has 0 saturated heterocycles. The molecule has 1 amide bonds. The summed E-state index contributed by atoms with van der Waals surface area (Å²) in [4.78, 5) is 15.5. The predicted molar refractivity (Wildman–Crippen MR) is 89.2 cm³/mol. The Hall–Kier alpha value is -2.86. The average molecular weight is 310 g/mol. The molecule has 23 heavy (non-hydrogen) atoms. The van der Waals surface area contributed by atoms with E-state index in [0.717, 1.165) is 11.3 Å². The molecule has 1 aliphatic heterocycles. The molecule has 6 heteroatoms. The van der Waals surface area contributed by atoms with Crippen LogP contribution in [-0.2, 0) is 0 Å². The molecule has 0 spiro atoms. The SMILES string of the molecule is NCCNc1cc(-c2ccc[nH]2)c2c3c(ccc(F)c13)NC2=O. The lowest BCUT2D eigenvalue weighted by atomic mass is 9.96. The van der Waals surface area contributed by atoms with Gasteiger partial charge in [0, 0.05) is 52.7 Å². The maximum absolute atomic E-state index is 14.4. The molecule has 0 aliphatic carbocycles. The van der Waals surface area contributed by atoms with Gasteiger partial charge in [0.05, 0.1) is 5.56 Å². The largest absolute Gasteiger partial charge is 0.383 e. The Morgan fingerprint density at radius 1 is 1.22 bits per heavy atom. The summed E-state index contributed by atoms with van der Waals surface area (Å²) in [5.41, 5.74) is 8.87. The number of anilines is 2. The van der Waals surface area contributed by atoms with Crippen molar-refractivity contribution in [3.05, 3.63) is 47.9 Å². The van der Waals surface area contributed by atoms with Crippen molar-refractivity contribution in [2.75, 3.05) is 23.7 Å². The van der Waals surface area contributed by atoms with Gasteiger partial charge in [-0.05, 0) is 30.3 Å². The molecule has 116 valence electrons. The summed E-state index contributed by atoms with van der Waals surface area (Å²) in [6, 6.07) is 8.51. The van der Waals surface area contributed by atoms with Crippen molar-refractivity contribution in [3.63, 3.8) is 0 Å². The summed E-state index contributed by atoms with van der Waals surface area (Å²) in [5.74, 6) is -0.579. The van der Waals surface area contributed by atoms with E-state index in [0.29, 0.717) is 40.8 Å². The van der Waals surface area contributed by atoms with Gasteiger partial charge >= 0.3 is 0 Å². The topological polar surface area (TPSA) is 82.9 Å². The number of aromatic amines is 1. The van der Waals surface area contributed by atoms with Crippen molar-refractivity contribution in [1.82, 2.24) is 4.98 Å². The second-order valence-corrected chi connectivity index (χ2v) is 5.45. The van der Waals surface area contributed by atoms with Crippen LogP contribution in [-0.4, -0.2) is 24.0 Å². The Balaban J connectivity index is 2.09. The zero-order valence-corrected chi connectivity index (χ0v) is 12.2. The van der Waals surface area contributed by atoms with Gasteiger partial charge in [-0.2, -0.15) is 0 Å². The molecule has 5 N–H and O–H groups in total. The molecule has 0 fully saturated rings. The number of amides is 1. The van der Waals surface area contributed by atoms with Crippen LogP contribution in [0.25, 0.3) is 22.0 Å². The summed E-state index contributed by atoms with van der Waals surface area (Å²) < 4.78 is 14.4. The number of nitrogens with two attached hydrogens (primary N) is 1. The Morgan fingerprint density at radius 2 is 2.09 bits per heavy atom. The fourth-order valence-corrected chi connectivity index (χ4v) is 3.10. The molecule has 1 aliphatic rings. The molecular weight excluding hydrogens is 295 g/mol. The van der Waals surface area contributed by atoms with Crippen LogP contribution < -0.4 is 16.4 Å². The first-order valence-corrected chi connectivity index (χ1v) is 7.39. The fourth-order valence-electron chi connectivity index (χ4n) is 3.10. The summed E-state index contributed by atoms with van der Waals surface area (Å²) in [7, 11) is 0. The standard InChI is InChI=1S/C17H15FN4O/c18-10-3-4-12-16-14(17(23)22-12)9(11-2-1-6-20-11)8-13(15(10)16)21-7-5-19/h1-4,6,8,20-21H,5,7,19H2,(H,22,23). The van der Waals surface area contributed by atoms with Crippen molar-refractivity contribution in [3.8, 4) is 11.3 Å². The van der Waals surface area contributed by atoms with Gasteiger partial charge in [-0.25, -0.2) is 4.39 Å². The van der Waals surface area contributed by atoms with E-state index in [4.69, 9.17) is 5.73 Å². The summed E-state index contributed by atoms with van der Waals surface area (Å²) in [5, 5.41) is 7.00. The van der Waals surface area contributed by atoms with E-state index in [9.17, 15) is 9.18 Å². The highest BCUT2D eigenvalue weighted by Gasteiger charge is 2.29. The maximum atomic E-state index is 14.4. The number of nitrogens with one attached hydrogen (secondary N) is 3. The number of carbonyl (C=O) groups excluding carboxylic acids is 1. The highest BCUT2D eigenvalue weighted by molar-refractivity contribution is 6.28. The second kappa shape index (κ2) is 5.10. The van der Waals surface area contributed by atoms with Crippen molar-refractivity contribution < 1.29 is 9.18 Å². The minimum absolute atomic E-state index is 0.217. The first-order valence-electron chi connectivity index (χ1n) is 7.39. The van der Waals surface area contributed by atoms with E-state index in [2.05, 4.69) is 15.6 Å². The van der Waals surface area contributed by atoms with E-state index < -0.39 is 0 Å². The molecule has 0 radical (unpaired) electrons. The lowest BCUT2D eigenvalue weighted by Gasteiger charge is -2.14. The van der Waals surface area contributed by atoms with E-state index in [1.807, 2.05) is 12.1 Å². The van der Waals surface area contributed by atoms with Crippen molar-refractivity contribution >= 4 is 28.1 Å². The van der Waals surface area contributed by atoms with Gasteiger partial charge in [-0.1, -0.05) is 0 Å². The molecule has 2 heterocycles. The van der Waals surface area contributed by atoms with Crippen LogP contribution in [0.15, 0.2) is 36.5 Å². The number of carbonyl (C=O) groups is 1. The maximum Gasteiger partial charge on any atom is 0.257 e. The highest BCUT2D eigenvalue weighted by atomic mass is 19.1. The van der Waals surface area contributed by atoms with Crippen LogP contribution in [0.2, 0.25) is 0 Å². The van der Waals surface area contributed by atoms with E-state index in [1.54, 1.807) is 18.3 Å². The van der Waals surface area contributed by atoms with Gasteiger partial charge in [0.2, 0.25) is 0 Å². The zero-order chi connectivity index (χ0) is 16.0. The van der Waals surface area contributed by atoms with Crippen molar-refractivity contribution in [2.24, 2.45) is 5.73 Å². The smallest absolute Gasteiger partial charge is 0.257 e. The number of aromatic nitrogens is 1. The van der Waals surface area contributed by atoms with Gasteiger partial charge in [0.15, 0.2) is 0 Å². The van der Waals surface area contributed by atoms with E-state index >= 15 is 0 Å². The second-order valence-electron chi connectivity index (χ2n) is 5.45. The molecule has 2 aromatic carbocycles. The summed E-state index contributed by atoms with van der Waals surface area (Å²) >= 11 is 0. The van der Waals surface area contributed by atoms with Crippen LogP contribution in [0.3, 0.4) is 0 Å². The third-order valence-electron chi connectivity index (χ3n) is 4.06. The number of hydrogen-bond donors (Lipinski definition) is 4. The lowest BCUT2D eigenvalue weighted by Crippen LogP contribution is -2.14. The first-order chi connectivity index (χ1) is 11.2. The highest BCUT2D eigenvalue weighted by Crippen LogP contribution is 2.43. The minimum atomic E-state index is -0.362. The molecule has 0 atom stereocenters. The van der Waals surface area contributed by atoms with Gasteiger partial charge < -0.3 is 21.4 Å². The van der Waals surface area contributed by atoms with Crippen molar-refractivity contribution in [2.45, 2.75) is 0 Å². The van der Waals surface area contributed by atoms with Crippen LogP contribution in [0.5, 0.6) is 0 Å². The van der Waals surface area contributed by atoms with Gasteiger partial charge in [0.25, 0.3) is 5.91 Å². The van der Waals surface area contributed by atoms with Crippen LogP contribution in [0, 0.1) is 5.82 Å². The van der Waals surface area contributed by atoms with Gasteiger partial charge in [-0.3, -0.25) is 4.79 Å². The molecule has 3 aromatic rings. The van der Waals surface area contributed by atoms with Crippen LogP contribution in [0.4, 0.5) is 15.8 Å². The zero-order valence-electron chi connectivity index (χ0n) is 12.2. The van der Waals surface area contributed by atoms with E-state index in [-0.39, 0.29) is 11.7 Å². The third kappa shape index (κ3) is 1.99. The molecule has 4 rings (SSSR count). The monoisotopic (exact) mass is 310 g/mol. The van der Waals surface area contributed by atoms with Crippen LogP contribution in [0.1, 0.15) is 10.4 Å². The summed E-state index contributed by atoms with van der Waals surface area (Å²) in [6.45, 7) is 0.948. The molecule has 0 unspecified atom stereocenters. The number of rotatable bonds is 4. The summed E-state index contributed by atoms with van der Waals surface area (Å²) in [6.07, 6.45) is 1.79. The van der Waals surface area contributed by atoms with Gasteiger partial charge in [-0.15, -0.1) is 0 Å². The van der Waals surface area contributed by atoms with Gasteiger partial charge in [0.1, 0.15) is 5.82 Å². The van der Waals surface area contributed by atoms with E-state index in [1.165, 1.54) is 6.07 Å². The normalized spacial score (nSPS) is 12.7. The fraction of sp³-hybridized carbons (Fsp3) is 0.118. The molecule has 0 bridgehead atoms. The Labute approximate surface area is 131 Å². The first kappa shape index (κ1) is 13.8. The predicted octanol–water partition coefficient (Wildman–Crippen LogP) is 2.91. The Kier molecular flexibility index (Phi) is 3.06. The quantitative estimate of drug-likeness (QED) is 0.598. The molecule has 0 saturated carbocycles. The molecule has 1 aromatic heterocycles. The van der Waals surface area contributed by atoms with Crippen molar-refractivity contribution in [1.29, 1.82) is 0 Å². The Morgan fingerprint density at radius 3 is 2.83 bits per heavy atom. The number of benzene rings is 2. The number of H-pyrrole nitrogens is 1. The Bertz CT molecular complexity index is 918. The lowest BCUT2D eigenvalue weighted by molar-refractivity contribution is 0.103.